The molecular weight excluding hydrogens is 320 g/mol. The van der Waals surface area contributed by atoms with Crippen LogP contribution < -0.4 is 0 Å². The van der Waals surface area contributed by atoms with E-state index in [9.17, 15) is 18.0 Å². The Morgan fingerprint density at radius 2 is 2.04 bits per heavy atom. The molecule has 0 N–H and O–H groups in total. The van der Waals surface area contributed by atoms with Crippen LogP contribution in [0.5, 0.6) is 0 Å². The first-order valence-corrected chi connectivity index (χ1v) is 9.95. The fourth-order valence-corrected chi connectivity index (χ4v) is 5.02. The van der Waals surface area contributed by atoms with Crippen LogP contribution in [-0.2, 0) is 24.2 Å². The minimum atomic E-state index is -3.12. The zero-order valence-electron chi connectivity index (χ0n) is 13.9. The van der Waals surface area contributed by atoms with Crippen LogP contribution in [0.15, 0.2) is 0 Å². The van der Waals surface area contributed by atoms with Gasteiger partial charge in [-0.15, -0.1) is 0 Å². The predicted octanol–water partition coefficient (Wildman–Crippen LogP) is -0.0930. The summed E-state index contributed by atoms with van der Waals surface area (Å²) in [5.41, 5.74) is 0. The SMILES string of the molecule is COCCN(C(=O)C(=O)N1CCCC(C)C1)C1CCS(=O)(=O)C1. The molecule has 2 saturated heterocycles. The number of piperidine rings is 1. The lowest BCUT2D eigenvalue weighted by atomic mass is 10.0. The molecule has 2 amide bonds. The van der Waals surface area contributed by atoms with E-state index in [1.165, 1.54) is 12.0 Å². The van der Waals surface area contributed by atoms with Gasteiger partial charge in [0.05, 0.1) is 18.1 Å². The van der Waals surface area contributed by atoms with Crippen molar-refractivity contribution in [2.24, 2.45) is 5.92 Å². The van der Waals surface area contributed by atoms with Gasteiger partial charge in [0, 0.05) is 32.8 Å². The van der Waals surface area contributed by atoms with Crippen LogP contribution in [0.3, 0.4) is 0 Å². The lowest BCUT2D eigenvalue weighted by Gasteiger charge is -2.34. The Morgan fingerprint density at radius 3 is 2.61 bits per heavy atom. The summed E-state index contributed by atoms with van der Waals surface area (Å²) in [6.07, 6.45) is 2.35. The van der Waals surface area contributed by atoms with E-state index >= 15 is 0 Å². The van der Waals surface area contributed by atoms with Crippen LogP contribution in [0, 0.1) is 5.92 Å². The van der Waals surface area contributed by atoms with E-state index in [1.54, 1.807) is 4.90 Å². The van der Waals surface area contributed by atoms with Gasteiger partial charge in [-0.1, -0.05) is 6.92 Å². The number of carbonyl (C=O) groups excluding carboxylic acids is 2. The molecule has 132 valence electrons. The molecule has 0 aromatic rings. The Bertz CT molecular complexity index is 548. The lowest BCUT2D eigenvalue weighted by molar-refractivity contribution is -0.154. The summed E-state index contributed by atoms with van der Waals surface area (Å²) in [4.78, 5) is 28.1. The molecule has 8 heteroatoms. The Morgan fingerprint density at radius 1 is 1.30 bits per heavy atom. The van der Waals surface area contributed by atoms with Gasteiger partial charge < -0.3 is 14.5 Å². The van der Waals surface area contributed by atoms with Crippen LogP contribution in [0.2, 0.25) is 0 Å². The van der Waals surface area contributed by atoms with Crippen LogP contribution in [0.25, 0.3) is 0 Å². The smallest absolute Gasteiger partial charge is 0.312 e. The summed E-state index contributed by atoms with van der Waals surface area (Å²) >= 11 is 0. The van der Waals surface area contributed by atoms with Crippen molar-refractivity contribution >= 4 is 21.7 Å². The molecule has 2 aliphatic rings. The second-order valence-electron chi connectivity index (χ2n) is 6.55. The number of methoxy groups -OCH3 is 1. The predicted molar refractivity (Wildman–Crippen MR) is 85.6 cm³/mol. The second kappa shape index (κ2) is 7.61. The number of hydrogen-bond donors (Lipinski definition) is 0. The largest absolute Gasteiger partial charge is 0.383 e. The van der Waals surface area contributed by atoms with Gasteiger partial charge in [-0.05, 0) is 25.2 Å². The number of nitrogens with zero attached hydrogens (tertiary/aromatic N) is 2. The maximum Gasteiger partial charge on any atom is 0.312 e. The lowest BCUT2D eigenvalue weighted by Crippen LogP contribution is -2.52. The molecule has 2 aliphatic heterocycles. The van der Waals surface area contributed by atoms with Crippen molar-refractivity contribution in [3.05, 3.63) is 0 Å². The molecule has 0 bridgehead atoms. The van der Waals surface area contributed by atoms with Gasteiger partial charge in [-0.2, -0.15) is 0 Å². The quantitative estimate of drug-likeness (QED) is 0.664. The molecule has 2 fully saturated rings. The summed E-state index contributed by atoms with van der Waals surface area (Å²) in [5, 5.41) is 0. The molecule has 2 heterocycles. The maximum atomic E-state index is 12.6. The van der Waals surface area contributed by atoms with E-state index in [2.05, 4.69) is 6.92 Å². The molecule has 0 spiro atoms. The molecule has 0 radical (unpaired) electrons. The third-order valence-corrected chi connectivity index (χ3v) is 6.32. The minimum absolute atomic E-state index is 0.0634. The third-order valence-electron chi connectivity index (χ3n) is 4.57. The van der Waals surface area contributed by atoms with E-state index in [-0.39, 0.29) is 24.7 Å². The Kier molecular flexibility index (Phi) is 6.02. The summed E-state index contributed by atoms with van der Waals surface area (Å²) in [6, 6.07) is -0.422. The maximum absolute atomic E-state index is 12.6. The van der Waals surface area contributed by atoms with Gasteiger partial charge in [0.15, 0.2) is 9.84 Å². The second-order valence-corrected chi connectivity index (χ2v) is 8.78. The first-order chi connectivity index (χ1) is 10.8. The molecule has 0 aromatic heterocycles. The number of rotatable bonds is 4. The standard InChI is InChI=1S/C15H26N2O5S/c1-12-4-3-6-16(10-12)14(18)15(19)17(7-8-22-2)13-5-9-23(20,21)11-13/h12-13H,3-11H2,1-2H3. The van der Waals surface area contributed by atoms with E-state index in [1.807, 2.05) is 0 Å². The van der Waals surface area contributed by atoms with Crippen molar-refractivity contribution in [2.75, 3.05) is 44.9 Å². The van der Waals surface area contributed by atoms with Crippen molar-refractivity contribution in [1.82, 2.24) is 9.80 Å². The molecule has 2 unspecified atom stereocenters. The molecule has 0 aliphatic carbocycles. The van der Waals surface area contributed by atoms with Crippen molar-refractivity contribution in [2.45, 2.75) is 32.2 Å². The molecule has 0 aromatic carbocycles. The zero-order valence-corrected chi connectivity index (χ0v) is 14.7. The fraction of sp³-hybridized carbons (Fsp3) is 0.867. The van der Waals surface area contributed by atoms with Crippen molar-refractivity contribution < 1.29 is 22.7 Å². The number of carbonyl (C=O) groups is 2. The number of hydrogen-bond acceptors (Lipinski definition) is 5. The van der Waals surface area contributed by atoms with Gasteiger partial charge in [-0.25, -0.2) is 8.42 Å². The van der Waals surface area contributed by atoms with E-state index in [0.29, 0.717) is 25.4 Å². The van der Waals surface area contributed by atoms with Gasteiger partial charge in [0.1, 0.15) is 0 Å². The number of likely N-dealkylation sites (tertiary alicyclic amines) is 1. The monoisotopic (exact) mass is 346 g/mol. The van der Waals surface area contributed by atoms with Crippen molar-refractivity contribution in [3.8, 4) is 0 Å². The fourth-order valence-electron chi connectivity index (χ4n) is 3.29. The van der Waals surface area contributed by atoms with E-state index < -0.39 is 27.7 Å². The third kappa shape index (κ3) is 4.67. The average Bonchev–Trinajstić information content (AvgIpc) is 2.86. The molecule has 0 saturated carbocycles. The summed E-state index contributed by atoms with van der Waals surface area (Å²) in [5.74, 6) is -0.717. The van der Waals surface area contributed by atoms with Crippen LogP contribution in [0.1, 0.15) is 26.2 Å². The highest BCUT2D eigenvalue weighted by molar-refractivity contribution is 7.91. The van der Waals surface area contributed by atoms with Gasteiger partial charge in [-0.3, -0.25) is 9.59 Å². The molecule has 2 rings (SSSR count). The number of amides is 2. The van der Waals surface area contributed by atoms with Crippen molar-refractivity contribution in [1.29, 1.82) is 0 Å². The van der Waals surface area contributed by atoms with Crippen LogP contribution in [0.4, 0.5) is 0 Å². The molecule has 2 atom stereocenters. The van der Waals surface area contributed by atoms with Crippen LogP contribution >= 0.6 is 0 Å². The summed E-state index contributed by atoms with van der Waals surface area (Å²) in [7, 11) is -1.60. The Labute approximate surface area is 137 Å². The Hall–Kier alpha value is -1.15. The molecular formula is C15H26N2O5S. The first kappa shape index (κ1) is 18.2. The van der Waals surface area contributed by atoms with Crippen LogP contribution in [-0.4, -0.2) is 80.9 Å². The number of sulfone groups is 1. The highest BCUT2D eigenvalue weighted by Crippen LogP contribution is 2.20. The normalized spacial score (nSPS) is 27.0. The Balaban J connectivity index is 2.08. The molecule has 23 heavy (non-hydrogen) atoms. The van der Waals surface area contributed by atoms with E-state index in [4.69, 9.17) is 4.74 Å². The summed E-state index contributed by atoms with van der Waals surface area (Å²) in [6.45, 7) is 3.77. The highest BCUT2D eigenvalue weighted by atomic mass is 32.2. The minimum Gasteiger partial charge on any atom is -0.383 e. The number of ether oxygens (including phenoxy) is 1. The van der Waals surface area contributed by atoms with Gasteiger partial charge in [0.2, 0.25) is 0 Å². The highest BCUT2D eigenvalue weighted by Gasteiger charge is 2.38. The van der Waals surface area contributed by atoms with Crippen molar-refractivity contribution in [3.63, 3.8) is 0 Å². The topological polar surface area (TPSA) is 84.0 Å². The van der Waals surface area contributed by atoms with E-state index in [0.717, 1.165) is 12.8 Å². The average molecular weight is 346 g/mol. The molecule has 7 nitrogen and oxygen atoms in total. The zero-order chi connectivity index (χ0) is 17.0. The first-order valence-electron chi connectivity index (χ1n) is 8.13. The van der Waals surface area contributed by atoms with Gasteiger partial charge in [0.25, 0.3) is 0 Å². The summed E-state index contributed by atoms with van der Waals surface area (Å²) < 4.78 is 28.4. The van der Waals surface area contributed by atoms with Gasteiger partial charge >= 0.3 is 11.8 Å².